The molecule has 0 bridgehead atoms. The third-order valence-corrected chi connectivity index (χ3v) is 6.13. The predicted octanol–water partition coefficient (Wildman–Crippen LogP) is 3.85. The summed E-state index contributed by atoms with van der Waals surface area (Å²) in [5.74, 6) is -0.915. The Balaban J connectivity index is 1.99. The van der Waals surface area contributed by atoms with Gasteiger partial charge in [-0.2, -0.15) is 4.31 Å². The Hall–Kier alpha value is -3.19. The summed E-state index contributed by atoms with van der Waals surface area (Å²) >= 11 is 0. The maximum atomic E-state index is 13.6. The minimum Gasteiger partial charge on any atom is -0.497 e. The van der Waals surface area contributed by atoms with Crippen LogP contribution in [-0.4, -0.2) is 21.4 Å². The Bertz CT molecular complexity index is 1170. The molecule has 0 N–H and O–H groups in total. The number of carbonyl (C=O) groups excluding carboxylic acids is 1. The van der Waals surface area contributed by atoms with Gasteiger partial charge in [0.2, 0.25) is 0 Å². The molecule has 5 nitrogen and oxygen atoms in total. The van der Waals surface area contributed by atoms with Gasteiger partial charge in [-0.25, -0.2) is 12.8 Å². The first-order valence-electron chi connectivity index (χ1n) is 8.06. The lowest BCUT2D eigenvalue weighted by Gasteiger charge is -2.30. The number of fused-ring (bicyclic) bond motifs is 3. The van der Waals surface area contributed by atoms with Crippen LogP contribution in [0.2, 0.25) is 0 Å². The highest BCUT2D eigenvalue weighted by molar-refractivity contribution is 7.93. The summed E-state index contributed by atoms with van der Waals surface area (Å²) in [5.41, 5.74) is 1.17. The van der Waals surface area contributed by atoms with E-state index in [2.05, 4.69) is 0 Å². The number of carbonyl (C=O) groups is 1. The van der Waals surface area contributed by atoms with Crippen molar-refractivity contribution in [3.05, 3.63) is 78.1 Å². The van der Waals surface area contributed by atoms with Crippen LogP contribution < -0.4 is 9.04 Å². The first-order chi connectivity index (χ1) is 12.9. The molecule has 3 aromatic rings. The fraction of sp³-hybridized carbons (Fsp3) is 0.0500. The van der Waals surface area contributed by atoms with Crippen molar-refractivity contribution in [2.75, 3.05) is 11.4 Å². The molecule has 0 aromatic heterocycles. The van der Waals surface area contributed by atoms with Crippen LogP contribution >= 0.6 is 0 Å². The van der Waals surface area contributed by atoms with Gasteiger partial charge in [-0.1, -0.05) is 24.3 Å². The van der Waals surface area contributed by atoms with E-state index in [0.717, 1.165) is 10.4 Å². The van der Waals surface area contributed by atoms with Crippen LogP contribution in [0.25, 0.3) is 11.1 Å². The second-order valence-electron chi connectivity index (χ2n) is 5.96. The summed E-state index contributed by atoms with van der Waals surface area (Å²) < 4.78 is 45.9. The summed E-state index contributed by atoms with van der Waals surface area (Å²) in [7, 11) is -2.65. The van der Waals surface area contributed by atoms with E-state index in [1.165, 1.54) is 37.4 Å². The maximum Gasteiger partial charge on any atom is 0.272 e. The van der Waals surface area contributed by atoms with Crippen LogP contribution in [-0.2, 0) is 10.0 Å². The molecule has 1 heterocycles. The first kappa shape index (κ1) is 17.2. The standard InChI is InChI=1S/C20H14FNO4S/c1-26-15-9-10-18-17(12-15)16-7-2-3-8-19(16)27(24,25)22(18)20(23)13-5-4-6-14(21)11-13/h2-12H,1H3. The fourth-order valence-electron chi connectivity index (χ4n) is 3.13. The number of benzene rings is 3. The SMILES string of the molecule is COc1ccc2c(c1)-c1ccccc1S(=O)(=O)N2C(=O)c1cccc(F)c1. The largest absolute Gasteiger partial charge is 0.497 e. The van der Waals surface area contributed by atoms with Gasteiger partial charge >= 0.3 is 0 Å². The zero-order valence-corrected chi connectivity index (χ0v) is 15.0. The van der Waals surface area contributed by atoms with E-state index in [1.54, 1.807) is 30.3 Å². The predicted molar refractivity (Wildman–Crippen MR) is 98.8 cm³/mol. The fourth-order valence-corrected chi connectivity index (χ4v) is 4.78. The molecule has 0 saturated carbocycles. The average Bonchev–Trinajstić information content (AvgIpc) is 2.67. The van der Waals surface area contributed by atoms with Gasteiger partial charge in [0.1, 0.15) is 11.6 Å². The summed E-state index contributed by atoms with van der Waals surface area (Å²) in [6.07, 6.45) is 0. The normalized spacial score (nSPS) is 14.2. The highest BCUT2D eigenvalue weighted by Gasteiger charge is 2.39. The minimum absolute atomic E-state index is 0.00973. The van der Waals surface area contributed by atoms with Gasteiger partial charge in [-0.3, -0.25) is 4.79 Å². The van der Waals surface area contributed by atoms with Crippen molar-refractivity contribution in [1.82, 2.24) is 0 Å². The Morgan fingerprint density at radius 3 is 2.48 bits per heavy atom. The number of halogens is 1. The van der Waals surface area contributed by atoms with E-state index in [-0.39, 0.29) is 16.1 Å². The molecule has 0 spiro atoms. The Labute approximate surface area is 155 Å². The van der Waals surface area contributed by atoms with Crippen molar-refractivity contribution in [2.45, 2.75) is 4.90 Å². The molecule has 0 unspecified atom stereocenters. The monoisotopic (exact) mass is 383 g/mol. The molecule has 0 fully saturated rings. The maximum absolute atomic E-state index is 13.6. The highest BCUT2D eigenvalue weighted by Crippen LogP contribution is 2.44. The van der Waals surface area contributed by atoms with Crippen molar-refractivity contribution in [2.24, 2.45) is 0 Å². The number of methoxy groups -OCH3 is 1. The molecule has 136 valence electrons. The lowest BCUT2D eigenvalue weighted by Crippen LogP contribution is -2.39. The zero-order chi connectivity index (χ0) is 19.2. The summed E-state index contributed by atoms with van der Waals surface area (Å²) in [4.78, 5) is 13.1. The van der Waals surface area contributed by atoms with Gasteiger partial charge in [-0.05, 0) is 42.5 Å². The molecule has 1 aliphatic rings. The van der Waals surface area contributed by atoms with Crippen LogP contribution in [0, 0.1) is 5.82 Å². The van der Waals surface area contributed by atoms with Gasteiger partial charge in [0.05, 0.1) is 17.7 Å². The molecular weight excluding hydrogens is 369 g/mol. The van der Waals surface area contributed by atoms with E-state index >= 15 is 0 Å². The smallest absolute Gasteiger partial charge is 0.272 e. The molecule has 7 heteroatoms. The third kappa shape index (κ3) is 2.67. The topological polar surface area (TPSA) is 63.7 Å². The Kier molecular flexibility index (Phi) is 3.96. The minimum atomic E-state index is -4.16. The number of rotatable bonds is 2. The Morgan fingerprint density at radius 2 is 1.74 bits per heavy atom. The molecule has 0 saturated heterocycles. The lowest BCUT2D eigenvalue weighted by atomic mass is 10.0. The number of ether oxygens (including phenoxy) is 1. The summed E-state index contributed by atoms with van der Waals surface area (Å²) in [6.45, 7) is 0. The van der Waals surface area contributed by atoms with Gasteiger partial charge in [0.15, 0.2) is 0 Å². The highest BCUT2D eigenvalue weighted by atomic mass is 32.2. The molecule has 0 atom stereocenters. The summed E-state index contributed by atoms with van der Waals surface area (Å²) in [6, 6.07) is 16.1. The molecule has 4 rings (SSSR count). The van der Waals surface area contributed by atoms with Gasteiger partial charge in [0.25, 0.3) is 15.9 Å². The molecule has 1 aliphatic heterocycles. The first-order valence-corrected chi connectivity index (χ1v) is 9.50. The number of anilines is 1. The second-order valence-corrected chi connectivity index (χ2v) is 7.72. The van der Waals surface area contributed by atoms with Crippen LogP contribution in [0.4, 0.5) is 10.1 Å². The van der Waals surface area contributed by atoms with Gasteiger partial charge in [0, 0.05) is 16.7 Å². The van der Waals surface area contributed by atoms with E-state index in [0.29, 0.717) is 16.9 Å². The van der Waals surface area contributed by atoms with E-state index in [1.807, 2.05) is 0 Å². The van der Waals surface area contributed by atoms with Gasteiger partial charge < -0.3 is 4.74 Å². The van der Waals surface area contributed by atoms with Crippen molar-refractivity contribution < 1.29 is 22.3 Å². The van der Waals surface area contributed by atoms with Crippen molar-refractivity contribution in [1.29, 1.82) is 0 Å². The number of sulfonamides is 1. The molecule has 27 heavy (non-hydrogen) atoms. The molecule has 0 radical (unpaired) electrons. The Morgan fingerprint density at radius 1 is 0.963 bits per heavy atom. The third-order valence-electron chi connectivity index (χ3n) is 4.37. The molecular formula is C20H14FNO4S. The lowest BCUT2D eigenvalue weighted by molar-refractivity contribution is 0.100. The van der Waals surface area contributed by atoms with E-state index in [4.69, 9.17) is 4.74 Å². The molecule has 3 aromatic carbocycles. The average molecular weight is 383 g/mol. The van der Waals surface area contributed by atoms with Crippen molar-refractivity contribution in [3.63, 3.8) is 0 Å². The number of hydrogen-bond donors (Lipinski definition) is 0. The summed E-state index contributed by atoms with van der Waals surface area (Å²) in [5, 5.41) is 0. The van der Waals surface area contributed by atoms with E-state index < -0.39 is 21.7 Å². The number of hydrogen-bond acceptors (Lipinski definition) is 4. The van der Waals surface area contributed by atoms with Gasteiger partial charge in [-0.15, -0.1) is 0 Å². The van der Waals surface area contributed by atoms with Crippen LogP contribution in [0.3, 0.4) is 0 Å². The van der Waals surface area contributed by atoms with E-state index in [9.17, 15) is 17.6 Å². The van der Waals surface area contributed by atoms with Crippen LogP contribution in [0.1, 0.15) is 10.4 Å². The quantitative estimate of drug-likeness (QED) is 0.674. The zero-order valence-electron chi connectivity index (χ0n) is 14.2. The number of amides is 1. The van der Waals surface area contributed by atoms with Crippen LogP contribution in [0.15, 0.2) is 71.6 Å². The van der Waals surface area contributed by atoms with Crippen molar-refractivity contribution >= 4 is 21.6 Å². The molecule has 1 amide bonds. The number of nitrogens with zero attached hydrogens (tertiary/aromatic N) is 1. The second kappa shape index (κ2) is 6.21. The molecule has 0 aliphatic carbocycles. The van der Waals surface area contributed by atoms with Crippen molar-refractivity contribution in [3.8, 4) is 16.9 Å². The van der Waals surface area contributed by atoms with Crippen LogP contribution in [0.5, 0.6) is 5.75 Å².